The van der Waals surface area contributed by atoms with Gasteiger partial charge in [0.2, 0.25) is 17.6 Å². The molecule has 4 aromatic rings. The normalized spacial score (nSPS) is 10.9. The van der Waals surface area contributed by atoms with Crippen LogP contribution in [0.25, 0.3) is 22.2 Å². The van der Waals surface area contributed by atoms with Crippen LogP contribution in [0.4, 0.5) is 0 Å². The van der Waals surface area contributed by atoms with Gasteiger partial charge in [-0.2, -0.15) is 4.98 Å². The van der Waals surface area contributed by atoms with Gasteiger partial charge >= 0.3 is 0 Å². The predicted octanol–water partition coefficient (Wildman–Crippen LogP) is 4.49. The van der Waals surface area contributed by atoms with Crippen LogP contribution in [-0.4, -0.2) is 35.1 Å². The van der Waals surface area contributed by atoms with E-state index in [1.165, 1.54) is 16.3 Å². The Balaban J connectivity index is 1.38. The monoisotopic (exact) mass is 401 g/mol. The number of hydrogen-bond acceptors (Lipinski definition) is 5. The molecule has 1 heterocycles. The van der Waals surface area contributed by atoms with Crippen molar-refractivity contribution in [1.29, 1.82) is 0 Å². The Hall–Kier alpha value is -3.67. The van der Waals surface area contributed by atoms with Crippen LogP contribution in [0.3, 0.4) is 0 Å². The van der Waals surface area contributed by atoms with Gasteiger partial charge in [-0.05, 0) is 34.9 Å². The van der Waals surface area contributed by atoms with Gasteiger partial charge in [0, 0.05) is 19.0 Å². The van der Waals surface area contributed by atoms with Crippen molar-refractivity contribution in [3.8, 4) is 17.1 Å². The first kappa shape index (κ1) is 19.6. The zero-order valence-corrected chi connectivity index (χ0v) is 17.0. The van der Waals surface area contributed by atoms with E-state index in [1.807, 2.05) is 42.5 Å². The SMILES string of the molecule is COc1cccc(-c2noc(CN(C)C(=O)CCc3cccc4ccccc34)n2)c1. The van der Waals surface area contributed by atoms with Crippen LogP contribution in [-0.2, 0) is 17.8 Å². The van der Waals surface area contributed by atoms with Crippen LogP contribution in [0.5, 0.6) is 5.75 Å². The van der Waals surface area contributed by atoms with Gasteiger partial charge in [-0.25, -0.2) is 0 Å². The zero-order valence-electron chi connectivity index (χ0n) is 17.0. The number of carbonyl (C=O) groups excluding carboxylic acids is 1. The highest BCUT2D eigenvalue weighted by molar-refractivity contribution is 5.86. The number of methoxy groups -OCH3 is 1. The molecule has 0 aliphatic rings. The number of hydrogen-bond donors (Lipinski definition) is 0. The minimum atomic E-state index is 0.0315. The van der Waals surface area contributed by atoms with E-state index in [4.69, 9.17) is 9.26 Å². The number of rotatable bonds is 7. The Labute approximate surface area is 175 Å². The van der Waals surface area contributed by atoms with Gasteiger partial charge in [0.15, 0.2) is 0 Å². The largest absolute Gasteiger partial charge is 0.497 e. The molecule has 0 aliphatic heterocycles. The maximum absolute atomic E-state index is 12.6. The summed E-state index contributed by atoms with van der Waals surface area (Å²) in [4.78, 5) is 18.7. The number of aryl methyl sites for hydroxylation is 1. The molecule has 0 saturated heterocycles. The fourth-order valence-corrected chi connectivity index (χ4v) is 3.43. The molecule has 1 amide bonds. The standard InChI is InChI=1S/C24H23N3O3/c1-27(16-22-25-24(26-30-22)19-10-6-11-20(15-19)29-2)23(28)14-13-18-9-5-8-17-7-3-4-12-21(17)18/h3-12,15H,13-14,16H2,1-2H3. The van der Waals surface area contributed by atoms with Crippen molar-refractivity contribution in [2.45, 2.75) is 19.4 Å². The van der Waals surface area contributed by atoms with Gasteiger partial charge in [-0.3, -0.25) is 4.79 Å². The van der Waals surface area contributed by atoms with Gasteiger partial charge in [0.25, 0.3) is 0 Å². The molecule has 4 rings (SSSR count). The average Bonchev–Trinajstić information content (AvgIpc) is 3.26. The molecule has 1 aromatic heterocycles. The number of aromatic nitrogens is 2. The number of carbonyl (C=O) groups is 1. The summed E-state index contributed by atoms with van der Waals surface area (Å²) in [5.74, 6) is 1.62. The van der Waals surface area contributed by atoms with Crippen LogP contribution in [0.2, 0.25) is 0 Å². The van der Waals surface area contributed by atoms with Crippen molar-refractivity contribution >= 4 is 16.7 Å². The average molecular weight is 401 g/mol. The molecule has 0 unspecified atom stereocenters. The van der Waals surface area contributed by atoms with Crippen LogP contribution < -0.4 is 4.74 Å². The van der Waals surface area contributed by atoms with Gasteiger partial charge in [0.1, 0.15) is 5.75 Å². The fourth-order valence-electron chi connectivity index (χ4n) is 3.43. The molecule has 0 saturated carbocycles. The lowest BCUT2D eigenvalue weighted by Gasteiger charge is -2.15. The molecule has 3 aromatic carbocycles. The highest BCUT2D eigenvalue weighted by Crippen LogP contribution is 2.22. The number of ether oxygens (including phenoxy) is 1. The minimum absolute atomic E-state index is 0.0315. The first-order valence-corrected chi connectivity index (χ1v) is 9.81. The Kier molecular flexibility index (Phi) is 5.75. The van der Waals surface area contributed by atoms with Crippen molar-refractivity contribution in [3.63, 3.8) is 0 Å². The fraction of sp³-hybridized carbons (Fsp3) is 0.208. The quantitative estimate of drug-likeness (QED) is 0.456. The smallest absolute Gasteiger partial charge is 0.246 e. The van der Waals surface area contributed by atoms with E-state index in [0.717, 1.165) is 11.3 Å². The summed E-state index contributed by atoms with van der Waals surface area (Å²) in [6.07, 6.45) is 1.10. The lowest BCUT2D eigenvalue weighted by molar-refractivity contribution is -0.130. The molecule has 0 spiro atoms. The van der Waals surface area contributed by atoms with Gasteiger partial charge < -0.3 is 14.2 Å². The molecule has 0 radical (unpaired) electrons. The molecule has 0 N–H and O–H groups in total. The van der Waals surface area contributed by atoms with Crippen molar-refractivity contribution in [2.24, 2.45) is 0 Å². The predicted molar refractivity (Wildman–Crippen MR) is 115 cm³/mol. The molecular formula is C24H23N3O3. The second-order valence-electron chi connectivity index (χ2n) is 7.13. The molecule has 6 heteroatoms. The van der Waals surface area contributed by atoms with E-state index >= 15 is 0 Å². The second kappa shape index (κ2) is 8.78. The summed E-state index contributed by atoms with van der Waals surface area (Å²) < 4.78 is 10.6. The van der Waals surface area contributed by atoms with Crippen molar-refractivity contribution in [3.05, 3.63) is 78.2 Å². The first-order chi connectivity index (χ1) is 14.6. The summed E-state index contributed by atoms with van der Waals surface area (Å²) in [6.45, 7) is 0.269. The molecule has 30 heavy (non-hydrogen) atoms. The Morgan fingerprint density at radius 1 is 1.07 bits per heavy atom. The Bertz CT molecular complexity index is 1160. The molecule has 0 bridgehead atoms. The lowest BCUT2D eigenvalue weighted by Crippen LogP contribution is -2.26. The maximum atomic E-state index is 12.6. The zero-order chi connectivity index (χ0) is 20.9. The van der Waals surface area contributed by atoms with E-state index in [0.29, 0.717) is 24.6 Å². The lowest BCUT2D eigenvalue weighted by atomic mass is 10.0. The first-order valence-electron chi connectivity index (χ1n) is 9.81. The van der Waals surface area contributed by atoms with Crippen LogP contribution in [0.1, 0.15) is 17.9 Å². The van der Waals surface area contributed by atoms with E-state index < -0.39 is 0 Å². The maximum Gasteiger partial charge on any atom is 0.246 e. The summed E-state index contributed by atoms with van der Waals surface area (Å²) in [6, 6.07) is 21.9. The Morgan fingerprint density at radius 3 is 2.73 bits per heavy atom. The van der Waals surface area contributed by atoms with Crippen LogP contribution in [0, 0.1) is 0 Å². The molecule has 0 aliphatic carbocycles. The highest BCUT2D eigenvalue weighted by atomic mass is 16.5. The van der Waals surface area contributed by atoms with Crippen molar-refractivity contribution < 1.29 is 14.1 Å². The van der Waals surface area contributed by atoms with E-state index in [2.05, 4.69) is 34.4 Å². The van der Waals surface area contributed by atoms with E-state index in [-0.39, 0.29) is 12.5 Å². The number of amides is 1. The summed E-state index contributed by atoms with van der Waals surface area (Å²) in [7, 11) is 3.36. The van der Waals surface area contributed by atoms with E-state index in [9.17, 15) is 4.79 Å². The third-order valence-corrected chi connectivity index (χ3v) is 5.08. The Morgan fingerprint density at radius 2 is 1.87 bits per heavy atom. The molecular weight excluding hydrogens is 378 g/mol. The third kappa shape index (κ3) is 4.33. The summed E-state index contributed by atoms with van der Waals surface area (Å²) in [5, 5.41) is 6.40. The molecule has 6 nitrogen and oxygen atoms in total. The van der Waals surface area contributed by atoms with Crippen LogP contribution >= 0.6 is 0 Å². The number of benzene rings is 3. The molecule has 0 atom stereocenters. The van der Waals surface area contributed by atoms with Gasteiger partial charge in [-0.1, -0.05) is 59.8 Å². The second-order valence-corrected chi connectivity index (χ2v) is 7.13. The van der Waals surface area contributed by atoms with E-state index in [1.54, 1.807) is 19.1 Å². The minimum Gasteiger partial charge on any atom is -0.497 e. The van der Waals surface area contributed by atoms with Crippen molar-refractivity contribution in [2.75, 3.05) is 14.2 Å². The van der Waals surface area contributed by atoms with Gasteiger partial charge in [0.05, 0.1) is 13.7 Å². The summed E-state index contributed by atoms with van der Waals surface area (Å²) >= 11 is 0. The van der Waals surface area contributed by atoms with Crippen molar-refractivity contribution in [1.82, 2.24) is 15.0 Å². The summed E-state index contributed by atoms with van der Waals surface area (Å²) in [5.41, 5.74) is 1.97. The van der Waals surface area contributed by atoms with Crippen LogP contribution in [0.15, 0.2) is 71.3 Å². The topological polar surface area (TPSA) is 68.5 Å². The molecule has 0 fully saturated rings. The third-order valence-electron chi connectivity index (χ3n) is 5.08. The number of nitrogens with zero attached hydrogens (tertiary/aromatic N) is 3. The highest BCUT2D eigenvalue weighted by Gasteiger charge is 2.15. The molecule has 152 valence electrons. The van der Waals surface area contributed by atoms with Gasteiger partial charge in [-0.15, -0.1) is 0 Å². The number of fused-ring (bicyclic) bond motifs is 1.